The quantitative estimate of drug-likeness (QED) is 0.820. The van der Waals surface area contributed by atoms with Crippen molar-refractivity contribution in [3.63, 3.8) is 0 Å². The molecule has 0 radical (unpaired) electrons. The zero-order chi connectivity index (χ0) is 14.5. The highest BCUT2D eigenvalue weighted by Crippen LogP contribution is 2.23. The molecule has 108 valence electrons. The van der Waals surface area contributed by atoms with Crippen molar-refractivity contribution in [3.05, 3.63) is 35.2 Å². The molecule has 5 nitrogen and oxygen atoms in total. The normalized spacial score (nSPS) is 11.0. The van der Waals surface area contributed by atoms with Crippen LogP contribution in [0.1, 0.15) is 43.2 Å². The van der Waals surface area contributed by atoms with Crippen LogP contribution in [0, 0.1) is 6.92 Å². The molecule has 0 fully saturated rings. The molecule has 1 aromatic carbocycles. The summed E-state index contributed by atoms with van der Waals surface area (Å²) in [6.45, 7) is 7.12. The van der Waals surface area contributed by atoms with Gasteiger partial charge in [0.1, 0.15) is 5.75 Å². The second kappa shape index (κ2) is 6.41. The average molecular weight is 275 g/mol. The molecule has 2 aromatic rings. The van der Waals surface area contributed by atoms with Crippen LogP contribution in [0.15, 0.2) is 22.6 Å². The van der Waals surface area contributed by atoms with Crippen molar-refractivity contribution in [1.82, 2.24) is 10.2 Å². The molecule has 0 aliphatic carbocycles. The van der Waals surface area contributed by atoms with Gasteiger partial charge in [-0.15, -0.1) is 5.10 Å². The maximum atomic E-state index is 5.73. The summed E-state index contributed by atoms with van der Waals surface area (Å²) in [6, 6.07) is 6.35. The number of nitrogen functional groups attached to an aromatic ring is 1. The van der Waals surface area contributed by atoms with Crippen molar-refractivity contribution >= 4 is 6.01 Å². The Morgan fingerprint density at radius 3 is 2.70 bits per heavy atom. The van der Waals surface area contributed by atoms with E-state index in [9.17, 15) is 0 Å². The van der Waals surface area contributed by atoms with Crippen molar-refractivity contribution in [2.75, 3.05) is 12.3 Å². The Labute approximate surface area is 119 Å². The topological polar surface area (TPSA) is 74.2 Å². The summed E-state index contributed by atoms with van der Waals surface area (Å²) in [7, 11) is 0. The minimum atomic E-state index is 0.112. The van der Waals surface area contributed by atoms with Crippen LogP contribution < -0.4 is 10.5 Å². The van der Waals surface area contributed by atoms with Crippen LogP contribution in [-0.2, 0) is 6.42 Å². The van der Waals surface area contributed by atoms with Crippen LogP contribution in [0.4, 0.5) is 6.01 Å². The zero-order valence-corrected chi connectivity index (χ0v) is 12.2. The lowest BCUT2D eigenvalue weighted by atomic mass is 9.98. The van der Waals surface area contributed by atoms with E-state index in [2.05, 4.69) is 43.1 Å². The van der Waals surface area contributed by atoms with E-state index in [1.165, 1.54) is 11.1 Å². The fourth-order valence-corrected chi connectivity index (χ4v) is 2.17. The highest BCUT2D eigenvalue weighted by molar-refractivity contribution is 5.36. The first-order chi connectivity index (χ1) is 9.56. The molecule has 0 spiro atoms. The zero-order valence-electron chi connectivity index (χ0n) is 12.2. The van der Waals surface area contributed by atoms with Crippen molar-refractivity contribution < 1.29 is 9.15 Å². The van der Waals surface area contributed by atoms with Gasteiger partial charge in [0.25, 0.3) is 0 Å². The highest BCUT2D eigenvalue weighted by atomic mass is 16.5. The van der Waals surface area contributed by atoms with Crippen LogP contribution in [0.25, 0.3) is 0 Å². The first kappa shape index (κ1) is 14.4. The molecule has 0 saturated heterocycles. The summed E-state index contributed by atoms with van der Waals surface area (Å²) in [5, 5.41) is 7.42. The van der Waals surface area contributed by atoms with E-state index in [1.807, 2.05) is 6.07 Å². The van der Waals surface area contributed by atoms with Crippen LogP contribution in [0.3, 0.4) is 0 Å². The predicted molar refractivity (Wildman–Crippen MR) is 77.8 cm³/mol. The van der Waals surface area contributed by atoms with E-state index in [0.29, 0.717) is 24.8 Å². The number of aromatic nitrogens is 2. The molecule has 0 aliphatic rings. The Morgan fingerprint density at radius 1 is 1.30 bits per heavy atom. The molecule has 20 heavy (non-hydrogen) atoms. The first-order valence-electron chi connectivity index (χ1n) is 6.87. The number of hydrogen-bond acceptors (Lipinski definition) is 5. The average Bonchev–Trinajstić information content (AvgIpc) is 2.80. The molecule has 2 N–H and O–H groups in total. The van der Waals surface area contributed by atoms with Gasteiger partial charge >= 0.3 is 6.01 Å². The second-order valence-electron chi connectivity index (χ2n) is 5.16. The fourth-order valence-electron chi connectivity index (χ4n) is 2.17. The van der Waals surface area contributed by atoms with Crippen molar-refractivity contribution in [2.24, 2.45) is 0 Å². The summed E-state index contributed by atoms with van der Waals surface area (Å²) in [5.41, 5.74) is 7.98. The molecule has 0 amide bonds. The van der Waals surface area contributed by atoms with Gasteiger partial charge in [0.15, 0.2) is 0 Å². The number of benzene rings is 1. The Hall–Kier alpha value is -2.04. The van der Waals surface area contributed by atoms with Crippen LogP contribution in [-0.4, -0.2) is 16.8 Å². The van der Waals surface area contributed by atoms with Gasteiger partial charge in [0, 0.05) is 6.42 Å². The molecule has 0 atom stereocenters. The highest BCUT2D eigenvalue weighted by Gasteiger charge is 2.05. The van der Waals surface area contributed by atoms with E-state index in [0.717, 1.165) is 12.2 Å². The monoisotopic (exact) mass is 275 g/mol. The number of nitrogens with zero attached hydrogens (tertiary/aromatic N) is 2. The van der Waals surface area contributed by atoms with E-state index in [4.69, 9.17) is 14.9 Å². The lowest BCUT2D eigenvalue weighted by Gasteiger charge is -2.12. The maximum absolute atomic E-state index is 5.73. The Balaban J connectivity index is 1.81. The summed E-state index contributed by atoms with van der Waals surface area (Å²) in [5.74, 6) is 1.99. The van der Waals surface area contributed by atoms with E-state index in [-0.39, 0.29) is 6.01 Å². The van der Waals surface area contributed by atoms with Gasteiger partial charge in [-0.1, -0.05) is 25.0 Å². The van der Waals surface area contributed by atoms with Gasteiger partial charge in [0.05, 0.1) is 6.61 Å². The molecule has 1 aromatic heterocycles. The van der Waals surface area contributed by atoms with E-state index in [1.54, 1.807) is 0 Å². The summed E-state index contributed by atoms with van der Waals surface area (Å²) in [6.07, 6.45) is 1.49. The van der Waals surface area contributed by atoms with Gasteiger partial charge in [0.2, 0.25) is 5.89 Å². The van der Waals surface area contributed by atoms with Gasteiger partial charge in [-0.3, -0.25) is 0 Å². The first-order valence-corrected chi connectivity index (χ1v) is 6.87. The summed E-state index contributed by atoms with van der Waals surface area (Å²) in [4.78, 5) is 0. The molecule has 2 rings (SSSR count). The SMILES string of the molecule is Cc1cc(OCCCc2nnc(N)o2)ccc1C(C)C. The van der Waals surface area contributed by atoms with Gasteiger partial charge in [-0.2, -0.15) is 0 Å². The van der Waals surface area contributed by atoms with Crippen molar-refractivity contribution in [3.8, 4) is 5.75 Å². The summed E-state index contributed by atoms with van der Waals surface area (Å²) < 4.78 is 10.8. The van der Waals surface area contributed by atoms with Crippen LogP contribution in [0.5, 0.6) is 5.75 Å². The molecule has 0 aliphatic heterocycles. The number of anilines is 1. The Bertz CT molecular complexity index is 564. The third-order valence-electron chi connectivity index (χ3n) is 3.15. The minimum absolute atomic E-state index is 0.112. The Kier molecular flexibility index (Phi) is 4.61. The molecular formula is C15H21N3O2. The van der Waals surface area contributed by atoms with Crippen molar-refractivity contribution in [2.45, 2.75) is 39.5 Å². The lowest BCUT2D eigenvalue weighted by molar-refractivity contribution is 0.305. The van der Waals surface area contributed by atoms with Gasteiger partial charge in [-0.05, 0) is 42.5 Å². The smallest absolute Gasteiger partial charge is 0.312 e. The summed E-state index contributed by atoms with van der Waals surface area (Å²) >= 11 is 0. The number of rotatable bonds is 6. The number of aryl methyl sites for hydroxylation is 2. The predicted octanol–water partition coefficient (Wildman–Crippen LogP) is 3.10. The molecule has 0 saturated carbocycles. The molecule has 0 bridgehead atoms. The minimum Gasteiger partial charge on any atom is -0.494 e. The van der Waals surface area contributed by atoms with E-state index < -0.39 is 0 Å². The molecule has 5 heteroatoms. The Morgan fingerprint density at radius 2 is 2.10 bits per heavy atom. The van der Waals surface area contributed by atoms with Crippen molar-refractivity contribution in [1.29, 1.82) is 0 Å². The maximum Gasteiger partial charge on any atom is 0.312 e. The van der Waals surface area contributed by atoms with Gasteiger partial charge in [-0.25, -0.2) is 0 Å². The number of nitrogens with two attached hydrogens (primary N) is 1. The van der Waals surface area contributed by atoms with E-state index >= 15 is 0 Å². The van der Waals surface area contributed by atoms with Crippen LogP contribution in [0.2, 0.25) is 0 Å². The van der Waals surface area contributed by atoms with Gasteiger partial charge < -0.3 is 14.9 Å². The molecular weight excluding hydrogens is 254 g/mol. The largest absolute Gasteiger partial charge is 0.494 e. The third-order valence-corrected chi connectivity index (χ3v) is 3.15. The number of ether oxygens (including phenoxy) is 1. The number of hydrogen-bond donors (Lipinski definition) is 1. The molecule has 1 heterocycles. The lowest BCUT2D eigenvalue weighted by Crippen LogP contribution is -2.01. The second-order valence-corrected chi connectivity index (χ2v) is 5.16. The standard InChI is InChI=1S/C15H21N3O2/c1-10(2)13-7-6-12(9-11(13)3)19-8-4-5-14-17-18-15(16)20-14/h6-7,9-10H,4-5,8H2,1-3H3,(H2,16,18). The third kappa shape index (κ3) is 3.73. The fraction of sp³-hybridized carbons (Fsp3) is 0.467. The van der Waals surface area contributed by atoms with Crippen LogP contribution >= 0.6 is 0 Å². The molecule has 0 unspecified atom stereocenters.